The summed E-state index contributed by atoms with van der Waals surface area (Å²) in [6, 6.07) is 15.6. The number of aryl methyl sites for hydroxylation is 1. The Morgan fingerprint density at radius 2 is 1.81 bits per heavy atom. The quantitative estimate of drug-likeness (QED) is 0.879. The maximum absolute atomic E-state index is 12.7. The molecule has 0 aromatic heterocycles. The van der Waals surface area contributed by atoms with E-state index >= 15 is 0 Å². The SMILES string of the molecule is Cc1ccc(S(=O)(=O)N2CCC(C(=O)Nc3cccc(C#N)c3)CC2)cc1. The van der Waals surface area contributed by atoms with Crippen molar-refractivity contribution < 1.29 is 13.2 Å². The lowest BCUT2D eigenvalue weighted by Gasteiger charge is -2.30. The molecular weight excluding hydrogens is 362 g/mol. The normalized spacial score (nSPS) is 15.9. The lowest BCUT2D eigenvalue weighted by Crippen LogP contribution is -2.41. The van der Waals surface area contributed by atoms with E-state index in [1.807, 2.05) is 13.0 Å². The second-order valence-electron chi connectivity index (χ2n) is 6.67. The summed E-state index contributed by atoms with van der Waals surface area (Å²) in [6.45, 7) is 2.53. The van der Waals surface area contributed by atoms with Crippen LogP contribution in [0.3, 0.4) is 0 Å². The smallest absolute Gasteiger partial charge is 0.243 e. The molecule has 0 saturated carbocycles. The molecule has 0 radical (unpaired) electrons. The van der Waals surface area contributed by atoms with Crippen LogP contribution in [0.5, 0.6) is 0 Å². The van der Waals surface area contributed by atoms with Crippen molar-refractivity contribution in [3.63, 3.8) is 0 Å². The van der Waals surface area contributed by atoms with Gasteiger partial charge in [0.25, 0.3) is 0 Å². The van der Waals surface area contributed by atoms with Crippen LogP contribution in [0.4, 0.5) is 5.69 Å². The van der Waals surface area contributed by atoms with Crippen LogP contribution in [-0.2, 0) is 14.8 Å². The van der Waals surface area contributed by atoms with Gasteiger partial charge in [0.2, 0.25) is 15.9 Å². The number of nitriles is 1. The Bertz CT molecular complexity index is 970. The van der Waals surface area contributed by atoms with Crippen molar-refractivity contribution in [2.45, 2.75) is 24.7 Å². The fourth-order valence-electron chi connectivity index (χ4n) is 3.13. The molecule has 140 valence electrons. The molecule has 0 bridgehead atoms. The van der Waals surface area contributed by atoms with Crippen LogP contribution in [0, 0.1) is 24.2 Å². The van der Waals surface area contributed by atoms with Gasteiger partial charge in [0.1, 0.15) is 0 Å². The van der Waals surface area contributed by atoms with Crippen LogP contribution < -0.4 is 5.32 Å². The Kier molecular flexibility index (Phi) is 5.59. The van der Waals surface area contributed by atoms with Gasteiger partial charge in [-0.3, -0.25) is 4.79 Å². The predicted octanol–water partition coefficient (Wildman–Crippen LogP) is 2.91. The number of carbonyl (C=O) groups excluding carboxylic acids is 1. The molecule has 1 fully saturated rings. The zero-order chi connectivity index (χ0) is 19.4. The average Bonchev–Trinajstić information content (AvgIpc) is 2.68. The molecule has 6 nitrogen and oxygen atoms in total. The Morgan fingerprint density at radius 1 is 1.15 bits per heavy atom. The van der Waals surface area contributed by atoms with Gasteiger partial charge in [0, 0.05) is 24.7 Å². The molecule has 27 heavy (non-hydrogen) atoms. The van der Waals surface area contributed by atoms with E-state index in [-0.39, 0.29) is 16.7 Å². The zero-order valence-corrected chi connectivity index (χ0v) is 15.9. The van der Waals surface area contributed by atoms with E-state index in [4.69, 9.17) is 5.26 Å². The van der Waals surface area contributed by atoms with Crippen molar-refractivity contribution in [1.29, 1.82) is 5.26 Å². The largest absolute Gasteiger partial charge is 0.326 e. The minimum Gasteiger partial charge on any atom is -0.326 e. The summed E-state index contributed by atoms with van der Waals surface area (Å²) >= 11 is 0. The minimum absolute atomic E-state index is 0.141. The number of anilines is 1. The maximum atomic E-state index is 12.7. The molecule has 1 aliphatic heterocycles. The van der Waals surface area contributed by atoms with Crippen LogP contribution >= 0.6 is 0 Å². The second kappa shape index (κ2) is 7.91. The van der Waals surface area contributed by atoms with Crippen LogP contribution in [0.25, 0.3) is 0 Å². The average molecular weight is 383 g/mol. The van der Waals surface area contributed by atoms with Gasteiger partial charge in [-0.25, -0.2) is 8.42 Å². The van der Waals surface area contributed by atoms with Gasteiger partial charge >= 0.3 is 0 Å². The molecule has 2 aromatic rings. The number of hydrogen-bond acceptors (Lipinski definition) is 4. The molecule has 1 amide bonds. The van der Waals surface area contributed by atoms with Crippen molar-refractivity contribution in [3.05, 3.63) is 59.7 Å². The molecule has 1 saturated heterocycles. The highest BCUT2D eigenvalue weighted by molar-refractivity contribution is 7.89. The molecule has 0 unspecified atom stereocenters. The summed E-state index contributed by atoms with van der Waals surface area (Å²) in [5, 5.41) is 11.8. The van der Waals surface area contributed by atoms with Crippen LogP contribution in [0.15, 0.2) is 53.4 Å². The van der Waals surface area contributed by atoms with Crippen molar-refractivity contribution in [2.75, 3.05) is 18.4 Å². The first kappa shape index (κ1) is 19.1. The van der Waals surface area contributed by atoms with Crippen molar-refractivity contribution in [1.82, 2.24) is 4.31 Å². The van der Waals surface area contributed by atoms with E-state index in [0.29, 0.717) is 37.2 Å². The van der Waals surface area contributed by atoms with Crippen molar-refractivity contribution in [2.24, 2.45) is 5.92 Å². The highest BCUT2D eigenvalue weighted by atomic mass is 32.2. The number of nitrogens with one attached hydrogen (secondary N) is 1. The summed E-state index contributed by atoms with van der Waals surface area (Å²) in [6.07, 6.45) is 0.934. The van der Waals surface area contributed by atoms with E-state index in [1.54, 1.807) is 48.5 Å². The fraction of sp³-hybridized carbons (Fsp3) is 0.300. The minimum atomic E-state index is -3.53. The summed E-state index contributed by atoms with van der Waals surface area (Å²) in [5.74, 6) is -0.391. The van der Waals surface area contributed by atoms with E-state index in [2.05, 4.69) is 5.32 Å². The molecule has 1 aliphatic rings. The van der Waals surface area contributed by atoms with Gasteiger partial charge in [0.15, 0.2) is 0 Å². The third-order valence-corrected chi connectivity index (χ3v) is 6.66. The van der Waals surface area contributed by atoms with Gasteiger partial charge < -0.3 is 5.32 Å². The van der Waals surface area contributed by atoms with Gasteiger partial charge in [-0.15, -0.1) is 0 Å². The summed E-state index contributed by atoms with van der Waals surface area (Å²) in [7, 11) is -3.53. The third-order valence-electron chi connectivity index (χ3n) is 4.74. The second-order valence-corrected chi connectivity index (χ2v) is 8.61. The number of amides is 1. The van der Waals surface area contributed by atoms with Crippen molar-refractivity contribution >= 4 is 21.6 Å². The highest BCUT2D eigenvalue weighted by Gasteiger charge is 2.32. The number of rotatable bonds is 4. The molecule has 1 N–H and O–H groups in total. The molecule has 3 rings (SSSR count). The Balaban J connectivity index is 1.62. The van der Waals surface area contributed by atoms with Crippen LogP contribution in [0.1, 0.15) is 24.0 Å². The maximum Gasteiger partial charge on any atom is 0.243 e. The first-order valence-corrected chi connectivity index (χ1v) is 10.2. The van der Waals surface area contributed by atoms with Gasteiger partial charge in [-0.05, 0) is 50.1 Å². The number of nitrogens with zero attached hydrogens (tertiary/aromatic N) is 2. The monoisotopic (exact) mass is 383 g/mol. The number of piperidine rings is 1. The van der Waals surface area contributed by atoms with Gasteiger partial charge in [-0.1, -0.05) is 23.8 Å². The molecular formula is C20H21N3O3S. The molecule has 0 spiro atoms. The summed E-state index contributed by atoms with van der Waals surface area (Å²) in [5.41, 5.74) is 2.06. The summed E-state index contributed by atoms with van der Waals surface area (Å²) < 4.78 is 26.9. The van der Waals surface area contributed by atoms with E-state index in [0.717, 1.165) is 5.56 Å². The predicted molar refractivity (Wildman–Crippen MR) is 102 cm³/mol. The fourth-order valence-corrected chi connectivity index (χ4v) is 4.60. The molecule has 2 aromatic carbocycles. The van der Waals surface area contributed by atoms with Gasteiger partial charge in [0.05, 0.1) is 16.5 Å². The number of hydrogen-bond donors (Lipinski definition) is 1. The molecule has 7 heteroatoms. The Morgan fingerprint density at radius 3 is 2.44 bits per heavy atom. The highest BCUT2D eigenvalue weighted by Crippen LogP contribution is 2.25. The topological polar surface area (TPSA) is 90.3 Å². The molecule has 1 heterocycles. The van der Waals surface area contributed by atoms with Crippen LogP contribution in [-0.4, -0.2) is 31.7 Å². The number of carbonyl (C=O) groups is 1. The van der Waals surface area contributed by atoms with Crippen LogP contribution in [0.2, 0.25) is 0 Å². The lowest BCUT2D eigenvalue weighted by molar-refractivity contribution is -0.120. The number of benzene rings is 2. The lowest BCUT2D eigenvalue weighted by atomic mass is 9.97. The number of sulfonamides is 1. The standard InChI is InChI=1S/C20H21N3O3S/c1-15-5-7-19(8-6-15)27(25,26)23-11-9-17(10-12-23)20(24)22-18-4-2-3-16(13-18)14-21/h2-8,13,17H,9-12H2,1H3,(H,22,24). The summed E-state index contributed by atoms with van der Waals surface area (Å²) in [4.78, 5) is 12.8. The van der Waals surface area contributed by atoms with E-state index < -0.39 is 10.0 Å². The third kappa shape index (κ3) is 4.35. The Hall–Kier alpha value is -2.69. The van der Waals surface area contributed by atoms with E-state index in [1.165, 1.54) is 4.31 Å². The van der Waals surface area contributed by atoms with E-state index in [9.17, 15) is 13.2 Å². The molecule has 0 atom stereocenters. The first-order valence-electron chi connectivity index (χ1n) is 8.78. The van der Waals surface area contributed by atoms with Gasteiger partial charge in [-0.2, -0.15) is 9.57 Å². The first-order chi connectivity index (χ1) is 12.9. The Labute approximate surface area is 159 Å². The molecule has 0 aliphatic carbocycles. The zero-order valence-electron chi connectivity index (χ0n) is 15.1. The van der Waals surface area contributed by atoms with Crippen molar-refractivity contribution in [3.8, 4) is 6.07 Å².